The van der Waals surface area contributed by atoms with Crippen LogP contribution in [0.1, 0.15) is 30.1 Å². The van der Waals surface area contributed by atoms with E-state index in [4.69, 9.17) is 0 Å². The van der Waals surface area contributed by atoms with Crippen molar-refractivity contribution in [1.82, 2.24) is 15.1 Å². The van der Waals surface area contributed by atoms with Gasteiger partial charge in [0.05, 0.1) is 16.4 Å². The Bertz CT molecular complexity index is 813. The smallest absolute Gasteiger partial charge is 0.308 e. The second kappa shape index (κ2) is 8.24. The number of aliphatic carboxylic acids is 1. The minimum absolute atomic E-state index is 0.0244. The Morgan fingerprint density at radius 1 is 1.35 bits per heavy atom. The van der Waals surface area contributed by atoms with Crippen LogP contribution in [-0.4, -0.2) is 38.2 Å². The van der Waals surface area contributed by atoms with Crippen LogP contribution in [0.4, 0.5) is 5.69 Å². The first-order valence-electron chi connectivity index (χ1n) is 8.13. The quantitative estimate of drug-likeness (QED) is 0.549. The van der Waals surface area contributed by atoms with Crippen molar-refractivity contribution in [3.63, 3.8) is 0 Å². The molecule has 0 aliphatic rings. The van der Waals surface area contributed by atoms with E-state index in [9.17, 15) is 24.8 Å². The van der Waals surface area contributed by atoms with E-state index in [1.54, 1.807) is 7.05 Å². The number of carbonyl (C=O) groups is 2. The monoisotopic (exact) mass is 360 g/mol. The third-order valence-corrected chi connectivity index (χ3v) is 3.92. The maximum absolute atomic E-state index is 12.5. The van der Waals surface area contributed by atoms with Crippen molar-refractivity contribution in [2.24, 2.45) is 13.0 Å². The predicted octanol–water partition coefficient (Wildman–Crippen LogP) is 2.23. The molecule has 1 amide bonds. The fraction of sp³-hybridized carbons (Fsp3) is 0.353. The number of hydrogen-bond donors (Lipinski definition) is 2. The summed E-state index contributed by atoms with van der Waals surface area (Å²) in [6.45, 7) is 1.90. The molecule has 2 N–H and O–H groups in total. The number of amides is 1. The highest BCUT2D eigenvalue weighted by Crippen LogP contribution is 2.24. The Labute approximate surface area is 149 Å². The molecule has 1 aromatic carbocycles. The van der Waals surface area contributed by atoms with E-state index in [1.165, 1.54) is 35.1 Å². The molecule has 2 aromatic rings. The summed E-state index contributed by atoms with van der Waals surface area (Å²) in [6, 6.07) is 5.73. The highest BCUT2D eigenvalue weighted by atomic mass is 16.6. The number of nitrogens with one attached hydrogen (secondary N) is 1. The van der Waals surface area contributed by atoms with Crippen LogP contribution >= 0.6 is 0 Å². The van der Waals surface area contributed by atoms with E-state index in [0.29, 0.717) is 24.1 Å². The zero-order chi connectivity index (χ0) is 19.3. The molecule has 0 aliphatic heterocycles. The van der Waals surface area contributed by atoms with Gasteiger partial charge in [0, 0.05) is 37.5 Å². The number of nitrogens with zero attached hydrogens (tertiary/aromatic N) is 3. The Morgan fingerprint density at radius 3 is 2.54 bits per heavy atom. The third kappa shape index (κ3) is 4.44. The van der Waals surface area contributed by atoms with Gasteiger partial charge >= 0.3 is 5.97 Å². The van der Waals surface area contributed by atoms with Crippen LogP contribution in [0, 0.1) is 16.0 Å². The highest BCUT2D eigenvalue weighted by Gasteiger charge is 2.21. The topological polar surface area (TPSA) is 127 Å². The Kier molecular flexibility index (Phi) is 6.05. The summed E-state index contributed by atoms with van der Waals surface area (Å²) in [5, 5.41) is 26.8. The van der Waals surface area contributed by atoms with Crippen molar-refractivity contribution in [2.45, 2.75) is 19.8 Å². The minimum Gasteiger partial charge on any atom is -0.481 e. The molecule has 26 heavy (non-hydrogen) atoms. The van der Waals surface area contributed by atoms with Crippen LogP contribution in [0.3, 0.4) is 0 Å². The summed E-state index contributed by atoms with van der Waals surface area (Å²) in [7, 11) is 1.66. The summed E-state index contributed by atoms with van der Waals surface area (Å²) >= 11 is 0. The number of aryl methyl sites for hydroxylation is 1. The minimum atomic E-state index is -0.950. The summed E-state index contributed by atoms with van der Waals surface area (Å²) in [6.07, 6.45) is 2.70. The Hall–Kier alpha value is -3.23. The van der Waals surface area contributed by atoms with Gasteiger partial charge in [-0.1, -0.05) is 13.3 Å². The van der Waals surface area contributed by atoms with Crippen LogP contribution < -0.4 is 5.32 Å². The molecule has 2 rings (SSSR count). The Balaban J connectivity index is 2.21. The van der Waals surface area contributed by atoms with Gasteiger partial charge in [-0.3, -0.25) is 24.4 Å². The molecule has 0 saturated carbocycles. The van der Waals surface area contributed by atoms with Crippen molar-refractivity contribution in [1.29, 1.82) is 0 Å². The first-order valence-corrected chi connectivity index (χ1v) is 8.13. The van der Waals surface area contributed by atoms with Gasteiger partial charge < -0.3 is 10.4 Å². The van der Waals surface area contributed by atoms with Crippen molar-refractivity contribution in [2.75, 3.05) is 6.54 Å². The lowest BCUT2D eigenvalue weighted by Crippen LogP contribution is -2.33. The normalized spacial score (nSPS) is 11.8. The molecule has 0 saturated heterocycles. The number of aromatic nitrogens is 2. The molecule has 1 atom stereocenters. The maximum Gasteiger partial charge on any atom is 0.308 e. The van der Waals surface area contributed by atoms with Gasteiger partial charge in [-0.2, -0.15) is 5.10 Å². The molecule has 0 fully saturated rings. The molecule has 138 valence electrons. The van der Waals surface area contributed by atoms with Gasteiger partial charge in [-0.25, -0.2) is 0 Å². The summed E-state index contributed by atoms with van der Waals surface area (Å²) in [5.41, 5.74) is 1.16. The third-order valence-electron chi connectivity index (χ3n) is 3.92. The van der Waals surface area contributed by atoms with Gasteiger partial charge in [-0.05, 0) is 18.6 Å². The largest absolute Gasteiger partial charge is 0.481 e. The number of carbonyl (C=O) groups excluding carboxylic acids is 1. The lowest BCUT2D eigenvalue weighted by molar-refractivity contribution is -0.384. The van der Waals surface area contributed by atoms with E-state index in [-0.39, 0.29) is 17.8 Å². The average Bonchev–Trinajstić information content (AvgIpc) is 3.00. The van der Waals surface area contributed by atoms with Gasteiger partial charge in [0.2, 0.25) is 0 Å². The van der Waals surface area contributed by atoms with Crippen LogP contribution in [0.15, 0.2) is 30.5 Å². The average molecular weight is 360 g/mol. The van der Waals surface area contributed by atoms with Crippen molar-refractivity contribution < 1.29 is 19.6 Å². The van der Waals surface area contributed by atoms with Gasteiger partial charge in [-0.15, -0.1) is 0 Å². The number of nitro benzene ring substituents is 1. The molecule has 1 heterocycles. The summed E-state index contributed by atoms with van der Waals surface area (Å²) in [5.74, 6) is -2.04. The number of non-ortho nitro benzene ring substituents is 1. The van der Waals surface area contributed by atoms with Crippen molar-refractivity contribution in [3.8, 4) is 11.3 Å². The fourth-order valence-corrected chi connectivity index (χ4v) is 2.58. The SMILES string of the molecule is CCCC(CNC(=O)c1cn(C)nc1-c1ccc([N+](=O)[O-])cc1)C(=O)O. The van der Waals surface area contributed by atoms with Crippen molar-refractivity contribution >= 4 is 17.6 Å². The molecule has 0 aliphatic carbocycles. The zero-order valence-corrected chi connectivity index (χ0v) is 14.5. The molecule has 0 radical (unpaired) electrons. The highest BCUT2D eigenvalue weighted by molar-refractivity contribution is 6.00. The van der Waals surface area contributed by atoms with Crippen LogP contribution in [0.5, 0.6) is 0 Å². The van der Waals surface area contributed by atoms with Gasteiger partial charge in [0.1, 0.15) is 5.69 Å². The fourth-order valence-electron chi connectivity index (χ4n) is 2.58. The number of nitro groups is 1. The number of rotatable bonds is 8. The van der Waals surface area contributed by atoms with E-state index in [2.05, 4.69) is 10.4 Å². The molecule has 1 aromatic heterocycles. The summed E-state index contributed by atoms with van der Waals surface area (Å²) in [4.78, 5) is 33.9. The van der Waals surface area contributed by atoms with E-state index >= 15 is 0 Å². The number of carboxylic acid groups (broad SMARTS) is 1. The first kappa shape index (κ1) is 19.1. The Morgan fingerprint density at radius 2 is 2.00 bits per heavy atom. The predicted molar refractivity (Wildman–Crippen MR) is 93.7 cm³/mol. The first-order chi connectivity index (χ1) is 12.3. The second-order valence-electron chi connectivity index (χ2n) is 5.90. The summed E-state index contributed by atoms with van der Waals surface area (Å²) < 4.78 is 1.46. The maximum atomic E-state index is 12.5. The van der Waals surface area contributed by atoms with Gasteiger partial charge in [0.25, 0.3) is 11.6 Å². The molecular weight excluding hydrogens is 340 g/mol. The number of hydrogen-bond acceptors (Lipinski definition) is 5. The van der Waals surface area contributed by atoms with E-state index < -0.39 is 22.7 Å². The zero-order valence-electron chi connectivity index (χ0n) is 14.5. The van der Waals surface area contributed by atoms with E-state index in [0.717, 1.165) is 0 Å². The standard InChI is InChI=1S/C17H20N4O5/c1-3-4-12(17(23)24)9-18-16(22)14-10-20(2)19-15(14)11-5-7-13(8-6-11)21(25)26/h5-8,10,12H,3-4,9H2,1-2H3,(H,18,22)(H,23,24). The van der Waals surface area contributed by atoms with Crippen LogP contribution in [0.25, 0.3) is 11.3 Å². The number of benzene rings is 1. The second-order valence-corrected chi connectivity index (χ2v) is 5.90. The molecule has 9 nitrogen and oxygen atoms in total. The molecule has 0 spiro atoms. The number of carboxylic acids is 1. The molecule has 1 unspecified atom stereocenters. The molecule has 0 bridgehead atoms. The van der Waals surface area contributed by atoms with Crippen LogP contribution in [0.2, 0.25) is 0 Å². The van der Waals surface area contributed by atoms with Crippen molar-refractivity contribution in [3.05, 3.63) is 46.1 Å². The molecular formula is C17H20N4O5. The molecule has 9 heteroatoms. The lowest BCUT2D eigenvalue weighted by Gasteiger charge is -2.12. The van der Waals surface area contributed by atoms with Crippen LogP contribution in [-0.2, 0) is 11.8 Å². The van der Waals surface area contributed by atoms with E-state index in [1.807, 2.05) is 6.92 Å². The van der Waals surface area contributed by atoms with Gasteiger partial charge in [0.15, 0.2) is 0 Å². The lowest BCUT2D eigenvalue weighted by atomic mass is 10.0.